The van der Waals surface area contributed by atoms with Gasteiger partial charge < -0.3 is 46.7 Å². The van der Waals surface area contributed by atoms with Crippen LogP contribution in [0.25, 0.3) is 11.1 Å². The second-order valence-electron chi connectivity index (χ2n) is 15.7. The molecule has 3 aromatic carbocycles. The van der Waals surface area contributed by atoms with Crippen LogP contribution in [-0.4, -0.2) is 76.9 Å². The number of unbranched alkanes of at least 4 members (excludes halogenated alkanes) is 2. The van der Waals surface area contributed by atoms with Gasteiger partial charge in [-0.2, -0.15) is 8.78 Å². The highest BCUT2D eigenvalue weighted by Gasteiger charge is 2.50. The number of rotatable bonds is 25. The number of carbonyl (C=O) groups is 6. The van der Waals surface area contributed by atoms with E-state index in [1.165, 1.54) is 26.0 Å². The maximum atomic E-state index is 14.3. The smallest absolute Gasteiger partial charge is 0.407 e. The average Bonchev–Trinajstić information content (AvgIpc) is 3.54. The molecule has 62 heavy (non-hydrogen) atoms. The maximum absolute atomic E-state index is 14.3. The predicted molar refractivity (Wildman–Crippen MR) is 227 cm³/mol. The van der Waals surface area contributed by atoms with Crippen molar-refractivity contribution in [3.8, 4) is 11.1 Å². The molecular formula is C44H56F2N5O10P. The van der Waals surface area contributed by atoms with Crippen LogP contribution in [0.2, 0.25) is 0 Å². The number of nitrogens with one attached hydrogen (secondary N) is 3. The van der Waals surface area contributed by atoms with Crippen LogP contribution >= 0.6 is 7.60 Å². The van der Waals surface area contributed by atoms with Gasteiger partial charge in [0, 0.05) is 42.7 Å². The van der Waals surface area contributed by atoms with Crippen LogP contribution in [0.5, 0.6) is 0 Å². The van der Waals surface area contributed by atoms with E-state index in [0.29, 0.717) is 37.8 Å². The SMILES string of the molecule is CC(=O)CC(Cc1ccc(C(F)(F)P(=O)(O)O)cc1)C(=O)NC(CCCCNC(=O)OCC1c2ccccc2-c2ccccc21)C(=O)CC(C)C(=O)NC(CCCCN)C(N)=O. The van der Waals surface area contributed by atoms with Crippen LogP contribution in [-0.2, 0) is 45.4 Å². The number of Topliss-reactive ketones (excluding diaryl/α,β-unsaturated/α-hetero) is 2. The molecule has 0 saturated carbocycles. The van der Waals surface area contributed by atoms with E-state index in [0.717, 1.165) is 34.4 Å². The van der Waals surface area contributed by atoms with Gasteiger partial charge in [-0.25, -0.2) is 4.79 Å². The molecule has 4 amide bonds. The van der Waals surface area contributed by atoms with Gasteiger partial charge in [0.2, 0.25) is 17.7 Å². The largest absolute Gasteiger partial charge is 0.449 e. The summed E-state index contributed by atoms with van der Waals surface area (Å²) < 4.78 is 45.5. The highest BCUT2D eigenvalue weighted by molar-refractivity contribution is 7.52. The minimum Gasteiger partial charge on any atom is -0.449 e. The van der Waals surface area contributed by atoms with Crippen molar-refractivity contribution in [3.05, 3.63) is 95.1 Å². The first-order chi connectivity index (χ1) is 29.3. The molecule has 18 heteroatoms. The Morgan fingerprint density at radius 3 is 1.94 bits per heavy atom. The molecule has 0 saturated heterocycles. The number of benzene rings is 3. The molecule has 1 aliphatic carbocycles. The van der Waals surface area contributed by atoms with Crippen LogP contribution in [0.4, 0.5) is 13.6 Å². The van der Waals surface area contributed by atoms with E-state index in [-0.39, 0.29) is 57.0 Å². The molecule has 0 heterocycles. The molecule has 0 radical (unpaired) electrons. The first-order valence-corrected chi connectivity index (χ1v) is 22.2. The number of carbonyl (C=O) groups excluding carboxylic acids is 6. The zero-order valence-electron chi connectivity index (χ0n) is 34.8. The molecule has 4 rings (SSSR count). The van der Waals surface area contributed by atoms with Crippen LogP contribution < -0.4 is 27.4 Å². The lowest BCUT2D eigenvalue weighted by Crippen LogP contribution is -2.48. The summed E-state index contributed by atoms with van der Waals surface area (Å²) in [6, 6.07) is 17.7. The molecule has 4 unspecified atom stereocenters. The normalized spacial score (nSPS) is 14.4. The number of ether oxygens (including phenoxy) is 1. The molecular weight excluding hydrogens is 827 g/mol. The monoisotopic (exact) mass is 883 g/mol. The van der Waals surface area contributed by atoms with Gasteiger partial charge in [-0.05, 0) is 86.2 Å². The summed E-state index contributed by atoms with van der Waals surface area (Å²) in [5.41, 5.74) is 10.3. The van der Waals surface area contributed by atoms with Gasteiger partial charge in [-0.1, -0.05) is 79.7 Å². The Hall–Kier alpha value is -5.35. The van der Waals surface area contributed by atoms with Crippen molar-refractivity contribution in [1.82, 2.24) is 16.0 Å². The van der Waals surface area contributed by atoms with Gasteiger partial charge in [0.25, 0.3) is 0 Å². The Bertz CT molecular complexity index is 2070. The Balaban J connectivity index is 1.40. The summed E-state index contributed by atoms with van der Waals surface area (Å²) in [5.74, 6) is -5.09. The van der Waals surface area contributed by atoms with Crippen molar-refractivity contribution < 1.29 is 56.6 Å². The molecule has 9 N–H and O–H groups in total. The molecule has 336 valence electrons. The van der Waals surface area contributed by atoms with E-state index in [1.54, 1.807) is 0 Å². The van der Waals surface area contributed by atoms with E-state index < -0.39 is 72.3 Å². The van der Waals surface area contributed by atoms with E-state index in [2.05, 4.69) is 16.0 Å². The summed E-state index contributed by atoms with van der Waals surface area (Å²) >= 11 is 0. The molecule has 0 bridgehead atoms. The summed E-state index contributed by atoms with van der Waals surface area (Å²) in [4.78, 5) is 95.9. The summed E-state index contributed by atoms with van der Waals surface area (Å²) in [6.45, 7) is 3.42. The molecule has 3 aromatic rings. The van der Waals surface area contributed by atoms with E-state index in [9.17, 15) is 42.1 Å². The summed E-state index contributed by atoms with van der Waals surface area (Å²) in [5, 5.41) is 8.01. The summed E-state index contributed by atoms with van der Waals surface area (Å²) in [7, 11) is -5.82. The van der Waals surface area contributed by atoms with Gasteiger partial charge in [0.1, 0.15) is 18.4 Å². The lowest BCUT2D eigenvalue weighted by Gasteiger charge is -2.24. The van der Waals surface area contributed by atoms with E-state index >= 15 is 0 Å². The van der Waals surface area contributed by atoms with Gasteiger partial charge in [-0.15, -0.1) is 0 Å². The predicted octanol–water partition coefficient (Wildman–Crippen LogP) is 4.94. The third-order valence-corrected chi connectivity index (χ3v) is 11.8. The first-order valence-electron chi connectivity index (χ1n) is 20.6. The molecule has 4 atom stereocenters. The van der Waals surface area contributed by atoms with Crippen LogP contribution in [0.15, 0.2) is 72.8 Å². The van der Waals surface area contributed by atoms with E-state index in [1.807, 2.05) is 48.5 Å². The van der Waals surface area contributed by atoms with Crippen molar-refractivity contribution in [3.63, 3.8) is 0 Å². The number of amides is 4. The van der Waals surface area contributed by atoms with Crippen LogP contribution in [0, 0.1) is 11.8 Å². The Labute approximate surface area is 359 Å². The Kier molecular flexibility index (Phi) is 18.0. The maximum Gasteiger partial charge on any atom is 0.407 e. The van der Waals surface area contributed by atoms with Gasteiger partial charge in [0.15, 0.2) is 5.78 Å². The lowest BCUT2D eigenvalue weighted by atomic mass is 9.91. The highest BCUT2D eigenvalue weighted by atomic mass is 31.2. The van der Waals surface area contributed by atoms with Crippen molar-refractivity contribution in [2.45, 2.75) is 95.3 Å². The summed E-state index contributed by atoms with van der Waals surface area (Å²) in [6.07, 6.45) is 0.771. The average molecular weight is 884 g/mol. The topological polar surface area (TPSA) is 257 Å². The molecule has 0 fully saturated rings. The number of fused-ring (bicyclic) bond motifs is 3. The zero-order valence-corrected chi connectivity index (χ0v) is 35.7. The van der Waals surface area contributed by atoms with Gasteiger partial charge in [-0.3, -0.25) is 23.7 Å². The molecule has 0 aromatic heterocycles. The Morgan fingerprint density at radius 2 is 1.37 bits per heavy atom. The number of primary amides is 1. The molecule has 1 aliphatic rings. The molecule has 15 nitrogen and oxygen atoms in total. The number of alkyl halides is 2. The third-order valence-electron chi connectivity index (χ3n) is 10.9. The van der Waals surface area contributed by atoms with Crippen molar-refractivity contribution in [2.75, 3.05) is 19.7 Å². The quantitative estimate of drug-likeness (QED) is 0.0443. The van der Waals surface area contributed by atoms with Crippen molar-refractivity contribution >= 4 is 43.0 Å². The third kappa shape index (κ3) is 13.6. The fourth-order valence-corrected chi connectivity index (χ4v) is 7.93. The number of hydrogen-bond acceptors (Lipinski definition) is 9. The number of hydrogen-bond donors (Lipinski definition) is 7. The minimum atomic E-state index is -5.82. The van der Waals surface area contributed by atoms with Gasteiger partial charge in [0.05, 0.1) is 6.04 Å². The number of nitrogens with two attached hydrogens (primary N) is 2. The molecule has 0 aliphatic heterocycles. The standard InChI is InChI=1S/C44H56F2N5O10P/c1-27(41(55)51-38(40(48)54)16-7-9-21-47)23-39(53)37(50-42(56)30(24-28(2)52)25-29-17-19-31(20-18-29)44(45,46)62(58,59)60)15-8-10-22-49-43(57)61-26-36-34-13-5-3-11-32(34)33-12-4-6-14-35(33)36/h3-6,11-14,17-20,27,30,36-38H,7-10,15-16,21-26,47H2,1-2H3,(H2,48,54)(H,49,57)(H,50,56)(H,51,55)(H2,58,59,60). The Morgan fingerprint density at radius 1 is 0.806 bits per heavy atom. The van der Waals surface area contributed by atoms with Crippen molar-refractivity contribution in [2.24, 2.45) is 23.3 Å². The molecule has 0 spiro atoms. The number of ketones is 2. The van der Waals surface area contributed by atoms with Gasteiger partial charge >= 0.3 is 19.4 Å². The number of halogens is 2. The number of alkyl carbamates (subject to hydrolysis) is 1. The van der Waals surface area contributed by atoms with E-state index in [4.69, 9.17) is 26.0 Å². The second-order valence-corrected chi connectivity index (χ2v) is 17.4. The zero-order chi connectivity index (χ0) is 45.6. The van der Waals surface area contributed by atoms with Crippen molar-refractivity contribution in [1.29, 1.82) is 0 Å². The first kappa shape index (κ1) is 49.3. The second kappa shape index (κ2) is 22.7. The minimum absolute atomic E-state index is 0.0766. The van der Waals surface area contributed by atoms with Crippen LogP contribution in [0.1, 0.15) is 93.4 Å². The van der Waals surface area contributed by atoms with Crippen LogP contribution in [0.3, 0.4) is 0 Å². The highest BCUT2D eigenvalue weighted by Crippen LogP contribution is 2.59. The lowest BCUT2D eigenvalue weighted by molar-refractivity contribution is -0.134. The fourth-order valence-electron chi connectivity index (χ4n) is 7.44. The fraction of sp³-hybridized carbons (Fsp3) is 0.455.